The van der Waals surface area contributed by atoms with Crippen molar-refractivity contribution in [2.75, 3.05) is 6.54 Å². The summed E-state index contributed by atoms with van der Waals surface area (Å²) < 4.78 is 0. The Balaban J connectivity index is 1.71. The molecule has 3 unspecified atom stereocenters. The molecule has 0 radical (unpaired) electrons. The Bertz CT molecular complexity index is 598. The zero-order chi connectivity index (χ0) is 16.6. The molecule has 2 nitrogen and oxygen atoms in total. The molecule has 2 fully saturated rings. The lowest BCUT2D eigenvalue weighted by Gasteiger charge is -2.25. The zero-order valence-corrected chi connectivity index (χ0v) is 14.9. The van der Waals surface area contributed by atoms with Crippen LogP contribution in [0.15, 0.2) is 42.0 Å². The minimum absolute atomic E-state index is 0.119. The van der Waals surface area contributed by atoms with Crippen LogP contribution in [0.4, 0.5) is 0 Å². The van der Waals surface area contributed by atoms with Gasteiger partial charge in [-0.1, -0.05) is 55.8 Å². The lowest BCUT2D eigenvalue weighted by atomic mass is 10.0. The first kappa shape index (κ1) is 16.3. The second kappa shape index (κ2) is 6.14. The highest BCUT2D eigenvalue weighted by Gasteiger charge is 2.61. The predicted molar refractivity (Wildman–Crippen MR) is 95.1 cm³/mol. The normalized spacial score (nSPS) is 28.5. The first-order valence-corrected chi connectivity index (χ1v) is 8.90. The van der Waals surface area contributed by atoms with Gasteiger partial charge in [0, 0.05) is 12.6 Å². The highest BCUT2D eigenvalue weighted by molar-refractivity contribution is 5.84. The maximum Gasteiger partial charge on any atom is 0.227 e. The quantitative estimate of drug-likeness (QED) is 0.752. The van der Waals surface area contributed by atoms with Crippen LogP contribution in [-0.4, -0.2) is 23.4 Å². The van der Waals surface area contributed by atoms with E-state index in [9.17, 15) is 4.79 Å². The van der Waals surface area contributed by atoms with Crippen molar-refractivity contribution < 1.29 is 4.79 Å². The summed E-state index contributed by atoms with van der Waals surface area (Å²) in [6.45, 7) is 9.67. The van der Waals surface area contributed by atoms with Crippen molar-refractivity contribution >= 4 is 5.91 Å². The number of carbonyl (C=O) groups excluding carboxylic acids is 1. The van der Waals surface area contributed by atoms with Crippen LogP contribution >= 0.6 is 0 Å². The largest absolute Gasteiger partial charge is 0.339 e. The summed E-state index contributed by atoms with van der Waals surface area (Å²) in [5.74, 6) is 0.975. The van der Waals surface area contributed by atoms with Gasteiger partial charge >= 0.3 is 0 Å². The molecule has 1 heterocycles. The van der Waals surface area contributed by atoms with Crippen LogP contribution in [0.5, 0.6) is 0 Å². The summed E-state index contributed by atoms with van der Waals surface area (Å²) >= 11 is 0. The first-order valence-electron chi connectivity index (χ1n) is 8.90. The van der Waals surface area contributed by atoms with Crippen molar-refractivity contribution in [3.63, 3.8) is 0 Å². The maximum atomic E-state index is 13.1. The van der Waals surface area contributed by atoms with Crippen molar-refractivity contribution in [2.45, 2.75) is 53.0 Å². The second-order valence-corrected chi connectivity index (χ2v) is 8.09. The van der Waals surface area contributed by atoms with E-state index in [0.29, 0.717) is 17.9 Å². The molecule has 124 valence electrons. The number of rotatable bonds is 4. The Kier molecular flexibility index (Phi) is 4.35. The van der Waals surface area contributed by atoms with Crippen LogP contribution < -0.4 is 0 Å². The Morgan fingerprint density at radius 3 is 2.61 bits per heavy atom. The number of hydrogen-bond donors (Lipinski definition) is 0. The van der Waals surface area contributed by atoms with Gasteiger partial charge in [-0.2, -0.15) is 0 Å². The SMILES string of the molecule is CC(C)=CC1C(C(=O)N2CCCC2Cc2ccccc2)C1(C)C. The molecule has 1 aliphatic heterocycles. The van der Waals surface area contributed by atoms with E-state index < -0.39 is 0 Å². The molecule has 2 heteroatoms. The van der Waals surface area contributed by atoms with Crippen molar-refractivity contribution in [1.82, 2.24) is 4.90 Å². The highest BCUT2D eigenvalue weighted by Crippen LogP contribution is 2.60. The third-order valence-corrected chi connectivity index (χ3v) is 5.66. The summed E-state index contributed by atoms with van der Waals surface area (Å²) in [6.07, 6.45) is 5.57. The van der Waals surface area contributed by atoms with E-state index in [1.165, 1.54) is 11.1 Å². The molecule has 0 bridgehead atoms. The van der Waals surface area contributed by atoms with Crippen molar-refractivity contribution in [3.05, 3.63) is 47.5 Å². The summed E-state index contributed by atoms with van der Waals surface area (Å²) in [7, 11) is 0. The summed E-state index contributed by atoms with van der Waals surface area (Å²) in [6, 6.07) is 11.0. The molecule has 0 spiro atoms. The van der Waals surface area contributed by atoms with E-state index in [1.54, 1.807) is 0 Å². The Labute approximate surface area is 140 Å². The van der Waals surface area contributed by atoms with Crippen LogP contribution in [0.1, 0.15) is 46.1 Å². The van der Waals surface area contributed by atoms with Gasteiger partial charge in [-0.15, -0.1) is 0 Å². The van der Waals surface area contributed by atoms with Gasteiger partial charge in [0.2, 0.25) is 5.91 Å². The van der Waals surface area contributed by atoms with Crippen molar-refractivity contribution in [3.8, 4) is 0 Å². The molecule has 1 aromatic rings. The molecule has 0 aromatic heterocycles. The van der Waals surface area contributed by atoms with Gasteiger partial charge in [0.05, 0.1) is 5.92 Å². The van der Waals surface area contributed by atoms with Gasteiger partial charge in [0.1, 0.15) is 0 Å². The van der Waals surface area contributed by atoms with E-state index in [2.05, 4.69) is 69.0 Å². The fraction of sp³-hybridized carbons (Fsp3) is 0.571. The van der Waals surface area contributed by atoms with E-state index in [-0.39, 0.29) is 11.3 Å². The van der Waals surface area contributed by atoms with E-state index >= 15 is 0 Å². The predicted octanol–water partition coefficient (Wildman–Crippen LogP) is 4.46. The number of amides is 1. The third-order valence-electron chi connectivity index (χ3n) is 5.66. The monoisotopic (exact) mass is 311 g/mol. The molecule has 2 aliphatic rings. The van der Waals surface area contributed by atoms with Gasteiger partial charge in [-0.25, -0.2) is 0 Å². The number of hydrogen-bond acceptors (Lipinski definition) is 1. The third kappa shape index (κ3) is 3.22. The molecule has 1 saturated carbocycles. The van der Waals surface area contributed by atoms with E-state index in [4.69, 9.17) is 0 Å². The van der Waals surface area contributed by atoms with Crippen LogP contribution in [-0.2, 0) is 11.2 Å². The number of nitrogens with zero attached hydrogens (tertiary/aromatic N) is 1. The highest BCUT2D eigenvalue weighted by atomic mass is 16.2. The summed E-state index contributed by atoms with van der Waals surface area (Å²) in [5.41, 5.74) is 2.78. The second-order valence-electron chi connectivity index (χ2n) is 8.09. The van der Waals surface area contributed by atoms with Crippen LogP contribution in [0.2, 0.25) is 0 Å². The molecule has 1 saturated heterocycles. The molecule has 3 rings (SSSR count). The Morgan fingerprint density at radius 2 is 1.96 bits per heavy atom. The van der Waals surface area contributed by atoms with Crippen LogP contribution in [0.25, 0.3) is 0 Å². The number of likely N-dealkylation sites (tertiary alicyclic amines) is 1. The molecule has 1 aromatic carbocycles. The molecular formula is C21H29NO. The molecule has 3 atom stereocenters. The maximum absolute atomic E-state index is 13.1. The van der Waals surface area contributed by atoms with Crippen LogP contribution in [0, 0.1) is 17.3 Å². The molecule has 1 amide bonds. The van der Waals surface area contributed by atoms with E-state index in [0.717, 1.165) is 25.8 Å². The smallest absolute Gasteiger partial charge is 0.227 e. The molecular weight excluding hydrogens is 282 g/mol. The molecule has 0 N–H and O–H groups in total. The van der Waals surface area contributed by atoms with Gasteiger partial charge in [-0.3, -0.25) is 4.79 Å². The minimum Gasteiger partial charge on any atom is -0.339 e. The molecule has 23 heavy (non-hydrogen) atoms. The zero-order valence-electron chi connectivity index (χ0n) is 14.9. The topological polar surface area (TPSA) is 20.3 Å². The lowest BCUT2D eigenvalue weighted by Crippen LogP contribution is -2.38. The van der Waals surface area contributed by atoms with Crippen molar-refractivity contribution in [1.29, 1.82) is 0 Å². The first-order chi connectivity index (χ1) is 10.9. The molecule has 1 aliphatic carbocycles. The number of benzene rings is 1. The lowest BCUT2D eigenvalue weighted by molar-refractivity contribution is -0.134. The summed E-state index contributed by atoms with van der Waals surface area (Å²) in [4.78, 5) is 15.3. The average molecular weight is 311 g/mol. The van der Waals surface area contributed by atoms with Crippen LogP contribution in [0.3, 0.4) is 0 Å². The average Bonchev–Trinajstić information content (AvgIpc) is 2.85. The Hall–Kier alpha value is -1.57. The standard InChI is InChI=1S/C21H29NO/c1-15(2)13-18-19(21(18,3)4)20(23)22-12-8-11-17(22)14-16-9-6-5-7-10-16/h5-7,9-10,13,17-19H,8,11-12,14H2,1-4H3. The van der Waals surface area contributed by atoms with Gasteiger partial charge in [0.25, 0.3) is 0 Å². The van der Waals surface area contributed by atoms with Gasteiger partial charge < -0.3 is 4.90 Å². The van der Waals surface area contributed by atoms with Gasteiger partial charge in [0.15, 0.2) is 0 Å². The number of allylic oxidation sites excluding steroid dienone is 2. The fourth-order valence-corrected chi connectivity index (χ4v) is 4.22. The fourth-order valence-electron chi connectivity index (χ4n) is 4.22. The van der Waals surface area contributed by atoms with Gasteiger partial charge in [-0.05, 0) is 50.0 Å². The Morgan fingerprint density at radius 1 is 1.26 bits per heavy atom. The van der Waals surface area contributed by atoms with E-state index in [1.807, 2.05) is 0 Å². The number of carbonyl (C=O) groups is 1. The van der Waals surface area contributed by atoms with Crippen molar-refractivity contribution in [2.24, 2.45) is 17.3 Å². The summed E-state index contributed by atoms with van der Waals surface area (Å²) in [5, 5.41) is 0. The minimum atomic E-state index is 0.119.